The predicted molar refractivity (Wildman–Crippen MR) is 123 cm³/mol. The van der Waals surface area contributed by atoms with Crippen LogP contribution in [-0.2, 0) is 6.42 Å². The lowest BCUT2D eigenvalue weighted by Crippen LogP contribution is -2.25. The number of nitrogens with one attached hydrogen (secondary N) is 1. The highest BCUT2D eigenvalue weighted by Crippen LogP contribution is 2.37. The number of pyridine rings is 1. The maximum absolute atomic E-state index is 6.23. The van der Waals surface area contributed by atoms with Crippen LogP contribution in [0.5, 0.6) is 17.4 Å². The van der Waals surface area contributed by atoms with E-state index >= 15 is 0 Å². The summed E-state index contributed by atoms with van der Waals surface area (Å²) in [6, 6.07) is 20.4. The van der Waals surface area contributed by atoms with Gasteiger partial charge in [0.05, 0.1) is 11.9 Å². The number of likely N-dealkylation sites (tertiary alicyclic amines) is 1. The van der Waals surface area contributed by atoms with Crippen LogP contribution in [0.2, 0.25) is 0 Å². The Hall–Kier alpha value is -3.05. The van der Waals surface area contributed by atoms with Crippen molar-refractivity contribution in [2.45, 2.75) is 31.8 Å². The zero-order valence-electron chi connectivity index (χ0n) is 17.8. The summed E-state index contributed by atoms with van der Waals surface area (Å²) in [7, 11) is 0. The molecule has 1 unspecified atom stereocenters. The van der Waals surface area contributed by atoms with Gasteiger partial charge in [-0.3, -0.25) is 0 Å². The minimum atomic E-state index is 0.118. The first-order chi connectivity index (χ1) is 15.3. The van der Waals surface area contributed by atoms with Crippen molar-refractivity contribution in [2.24, 2.45) is 0 Å². The summed E-state index contributed by atoms with van der Waals surface area (Å²) in [5.74, 6) is 2.34. The monoisotopic (exact) mass is 415 g/mol. The second kappa shape index (κ2) is 9.40. The van der Waals surface area contributed by atoms with Crippen molar-refractivity contribution in [3.8, 4) is 17.4 Å². The standard InChI is InChI=1S/C26H29N3O2/c1-2-6-20(7-3-1)24-11-8-21-18-23(10-12-25(21)31-24)30-26-13-9-22(19-28-26)27-14-17-29-15-4-5-16-29/h1-3,6-7,9-10,12-13,18-19,24,27H,4-5,8,11,14-17H2. The highest BCUT2D eigenvalue weighted by Gasteiger charge is 2.21. The van der Waals surface area contributed by atoms with Crippen LogP contribution in [0.3, 0.4) is 0 Å². The molecule has 1 N–H and O–H groups in total. The Morgan fingerprint density at radius 3 is 2.71 bits per heavy atom. The van der Waals surface area contributed by atoms with Gasteiger partial charge in [0.2, 0.25) is 5.88 Å². The fourth-order valence-electron chi connectivity index (χ4n) is 4.36. The normalized spacial score (nSPS) is 18.3. The summed E-state index contributed by atoms with van der Waals surface area (Å²) in [5.41, 5.74) is 3.44. The molecule has 2 aliphatic rings. The van der Waals surface area contributed by atoms with Gasteiger partial charge >= 0.3 is 0 Å². The Labute approximate surface area is 184 Å². The molecule has 1 fully saturated rings. The maximum Gasteiger partial charge on any atom is 0.219 e. The van der Waals surface area contributed by atoms with Crippen LogP contribution in [0.15, 0.2) is 66.9 Å². The van der Waals surface area contributed by atoms with Crippen molar-refractivity contribution >= 4 is 5.69 Å². The minimum absolute atomic E-state index is 0.118. The van der Waals surface area contributed by atoms with Gasteiger partial charge in [0.1, 0.15) is 17.6 Å². The third kappa shape index (κ3) is 5.00. The van der Waals surface area contributed by atoms with Crippen LogP contribution >= 0.6 is 0 Å². The molecule has 0 aliphatic carbocycles. The van der Waals surface area contributed by atoms with Gasteiger partial charge in [0, 0.05) is 19.2 Å². The molecule has 31 heavy (non-hydrogen) atoms. The second-order valence-corrected chi connectivity index (χ2v) is 8.29. The molecule has 3 heterocycles. The molecule has 0 radical (unpaired) electrons. The van der Waals surface area contributed by atoms with Gasteiger partial charge in [-0.05, 0) is 74.2 Å². The van der Waals surface area contributed by atoms with Crippen LogP contribution in [0.25, 0.3) is 0 Å². The highest BCUT2D eigenvalue weighted by atomic mass is 16.5. The highest BCUT2D eigenvalue weighted by molar-refractivity contribution is 5.45. The second-order valence-electron chi connectivity index (χ2n) is 8.29. The number of benzene rings is 2. The van der Waals surface area contributed by atoms with E-state index in [1.165, 1.54) is 37.1 Å². The number of anilines is 1. The van der Waals surface area contributed by atoms with Crippen molar-refractivity contribution in [3.63, 3.8) is 0 Å². The third-order valence-corrected chi connectivity index (χ3v) is 6.06. The smallest absolute Gasteiger partial charge is 0.219 e. The summed E-state index contributed by atoms with van der Waals surface area (Å²) in [6.07, 6.45) is 6.56. The molecule has 1 aromatic heterocycles. The largest absolute Gasteiger partial charge is 0.485 e. The van der Waals surface area contributed by atoms with E-state index in [2.05, 4.69) is 45.5 Å². The molecular weight excluding hydrogens is 386 g/mol. The van der Waals surface area contributed by atoms with Gasteiger partial charge in [-0.2, -0.15) is 0 Å². The molecule has 0 saturated carbocycles. The van der Waals surface area contributed by atoms with Gasteiger partial charge < -0.3 is 19.7 Å². The summed E-state index contributed by atoms with van der Waals surface area (Å²) >= 11 is 0. The first kappa shape index (κ1) is 19.9. The number of aryl methyl sites for hydroxylation is 1. The zero-order valence-corrected chi connectivity index (χ0v) is 17.8. The van der Waals surface area contributed by atoms with E-state index in [9.17, 15) is 0 Å². The molecule has 0 bridgehead atoms. The quantitative estimate of drug-likeness (QED) is 0.556. The fourth-order valence-corrected chi connectivity index (χ4v) is 4.36. The zero-order chi connectivity index (χ0) is 20.9. The summed E-state index contributed by atoms with van der Waals surface area (Å²) < 4.78 is 12.2. The molecule has 2 aliphatic heterocycles. The van der Waals surface area contributed by atoms with Crippen molar-refractivity contribution in [2.75, 3.05) is 31.5 Å². The van der Waals surface area contributed by atoms with E-state index in [1.54, 1.807) is 0 Å². The van der Waals surface area contributed by atoms with Crippen molar-refractivity contribution < 1.29 is 9.47 Å². The van der Waals surface area contributed by atoms with E-state index in [1.807, 2.05) is 36.5 Å². The van der Waals surface area contributed by atoms with Gasteiger partial charge in [-0.25, -0.2) is 4.98 Å². The molecule has 1 atom stereocenters. The number of aromatic nitrogens is 1. The fraction of sp³-hybridized carbons (Fsp3) is 0.346. The number of hydrogen-bond acceptors (Lipinski definition) is 5. The average Bonchev–Trinajstić information content (AvgIpc) is 3.34. The maximum atomic E-state index is 6.23. The molecule has 0 amide bonds. The predicted octanol–water partition coefficient (Wildman–Crippen LogP) is 5.45. The van der Waals surface area contributed by atoms with Gasteiger partial charge in [0.15, 0.2) is 0 Å². The van der Waals surface area contributed by atoms with Crippen LogP contribution in [0, 0.1) is 0 Å². The summed E-state index contributed by atoms with van der Waals surface area (Å²) in [6.45, 7) is 4.48. The van der Waals surface area contributed by atoms with E-state index in [4.69, 9.17) is 9.47 Å². The molecule has 0 spiro atoms. The molecule has 5 nitrogen and oxygen atoms in total. The van der Waals surface area contributed by atoms with E-state index in [-0.39, 0.29) is 6.10 Å². The van der Waals surface area contributed by atoms with Gasteiger partial charge in [-0.15, -0.1) is 0 Å². The van der Waals surface area contributed by atoms with E-state index < -0.39 is 0 Å². The van der Waals surface area contributed by atoms with Crippen molar-refractivity contribution in [3.05, 3.63) is 78.0 Å². The molecule has 5 heteroatoms. The number of nitrogens with zero attached hydrogens (tertiary/aromatic N) is 2. The molecule has 2 aromatic carbocycles. The molecular formula is C26H29N3O2. The number of rotatable bonds is 7. The summed E-state index contributed by atoms with van der Waals surface area (Å²) in [5, 5.41) is 3.44. The average molecular weight is 416 g/mol. The van der Waals surface area contributed by atoms with Gasteiger partial charge in [-0.1, -0.05) is 30.3 Å². The van der Waals surface area contributed by atoms with E-state index in [0.717, 1.165) is 43.1 Å². The number of ether oxygens (including phenoxy) is 2. The molecule has 3 aromatic rings. The van der Waals surface area contributed by atoms with Crippen LogP contribution < -0.4 is 14.8 Å². The van der Waals surface area contributed by atoms with Crippen LogP contribution in [-0.4, -0.2) is 36.1 Å². The lowest BCUT2D eigenvalue weighted by Gasteiger charge is -2.26. The molecule has 5 rings (SSSR count). The molecule has 1 saturated heterocycles. The topological polar surface area (TPSA) is 46.6 Å². The Balaban J connectivity index is 1.16. The third-order valence-electron chi connectivity index (χ3n) is 6.06. The van der Waals surface area contributed by atoms with Crippen LogP contribution in [0.1, 0.15) is 36.5 Å². The first-order valence-electron chi connectivity index (χ1n) is 11.3. The summed E-state index contributed by atoms with van der Waals surface area (Å²) in [4.78, 5) is 6.96. The Morgan fingerprint density at radius 1 is 1.03 bits per heavy atom. The Morgan fingerprint density at radius 2 is 1.90 bits per heavy atom. The minimum Gasteiger partial charge on any atom is -0.485 e. The van der Waals surface area contributed by atoms with Crippen LogP contribution in [0.4, 0.5) is 5.69 Å². The van der Waals surface area contributed by atoms with Gasteiger partial charge in [0.25, 0.3) is 0 Å². The lowest BCUT2D eigenvalue weighted by molar-refractivity contribution is 0.176. The Bertz CT molecular complexity index is 985. The molecule has 160 valence electrons. The number of fused-ring (bicyclic) bond motifs is 1. The van der Waals surface area contributed by atoms with Crippen molar-refractivity contribution in [1.82, 2.24) is 9.88 Å². The Kier molecular flexibility index (Phi) is 6.03. The van der Waals surface area contributed by atoms with E-state index in [0.29, 0.717) is 5.88 Å². The lowest BCUT2D eigenvalue weighted by atomic mass is 9.97. The SMILES string of the molecule is c1ccc(C2CCc3cc(Oc4ccc(NCCN5CCCC5)cn4)ccc3O2)cc1. The van der Waals surface area contributed by atoms with Crippen molar-refractivity contribution in [1.29, 1.82) is 0 Å². The number of hydrogen-bond donors (Lipinski definition) is 1. The first-order valence-corrected chi connectivity index (χ1v) is 11.3.